The summed E-state index contributed by atoms with van der Waals surface area (Å²) in [6.07, 6.45) is 2.58. The average Bonchev–Trinajstić information content (AvgIpc) is 3.19. The molecule has 0 radical (unpaired) electrons. The molecule has 1 atom stereocenters. The lowest BCUT2D eigenvalue weighted by Gasteiger charge is -2.38. The summed E-state index contributed by atoms with van der Waals surface area (Å²) in [6.45, 7) is 6.33. The fraction of sp³-hybridized carbons (Fsp3) is 0.292. The molecule has 1 aliphatic heterocycles. The number of aldehydes is 1. The largest absolute Gasteiger partial charge is 0.383 e. The van der Waals surface area contributed by atoms with Gasteiger partial charge in [-0.15, -0.1) is 11.3 Å². The Morgan fingerprint density at radius 2 is 2.03 bits per heavy atom. The number of thiophene rings is 1. The third kappa shape index (κ3) is 4.04. The van der Waals surface area contributed by atoms with Crippen LogP contribution < -0.4 is 5.73 Å². The van der Waals surface area contributed by atoms with Crippen molar-refractivity contribution in [2.24, 2.45) is 0 Å². The summed E-state index contributed by atoms with van der Waals surface area (Å²) < 4.78 is 1.33. The Morgan fingerprint density at radius 3 is 2.87 bits per heavy atom. The van der Waals surface area contributed by atoms with Gasteiger partial charge in [0.05, 0.1) is 11.6 Å². The molecular formula is C24H25N5OS. The van der Waals surface area contributed by atoms with Crippen LogP contribution in [0.4, 0.5) is 5.82 Å². The van der Waals surface area contributed by atoms with E-state index in [1.165, 1.54) is 26.9 Å². The zero-order chi connectivity index (χ0) is 21.4. The van der Waals surface area contributed by atoms with Gasteiger partial charge in [-0.1, -0.05) is 18.2 Å². The molecule has 5 rings (SSSR count). The first-order valence-corrected chi connectivity index (χ1v) is 11.3. The molecule has 0 spiro atoms. The van der Waals surface area contributed by atoms with Crippen LogP contribution in [0.5, 0.6) is 0 Å². The number of nitrogens with two attached hydrogens (primary N) is 1. The third-order valence-corrected chi connectivity index (χ3v) is 7.19. The lowest BCUT2D eigenvalue weighted by molar-refractivity contribution is -0.115. The summed E-state index contributed by atoms with van der Waals surface area (Å²) in [6, 6.07) is 14.7. The first-order valence-electron chi connectivity index (χ1n) is 10.5. The van der Waals surface area contributed by atoms with Crippen molar-refractivity contribution in [3.05, 3.63) is 64.8 Å². The van der Waals surface area contributed by atoms with Crippen molar-refractivity contribution in [3.8, 4) is 0 Å². The van der Waals surface area contributed by atoms with Gasteiger partial charge in [-0.05, 0) is 47.7 Å². The Balaban J connectivity index is 1.28. The van der Waals surface area contributed by atoms with Gasteiger partial charge >= 0.3 is 0 Å². The second kappa shape index (κ2) is 8.34. The molecule has 3 heterocycles. The van der Waals surface area contributed by atoms with Crippen LogP contribution in [0.2, 0.25) is 0 Å². The zero-order valence-corrected chi connectivity index (χ0v) is 18.3. The lowest BCUT2D eigenvalue weighted by atomic mass is 10.1. The number of carbonyl (C=O) groups excluding carboxylic acids is 1. The summed E-state index contributed by atoms with van der Waals surface area (Å²) >= 11 is 1.85. The van der Waals surface area contributed by atoms with Crippen molar-refractivity contribution >= 4 is 44.4 Å². The van der Waals surface area contributed by atoms with E-state index in [1.54, 1.807) is 0 Å². The van der Waals surface area contributed by atoms with Crippen molar-refractivity contribution in [1.82, 2.24) is 19.8 Å². The molecule has 0 aliphatic carbocycles. The van der Waals surface area contributed by atoms with Crippen LogP contribution in [0.15, 0.2) is 48.8 Å². The number of aryl methyl sites for hydroxylation is 1. The molecule has 2 N–H and O–H groups in total. The number of benzene rings is 2. The van der Waals surface area contributed by atoms with E-state index in [9.17, 15) is 4.79 Å². The first kappa shape index (κ1) is 20.1. The standard InChI is InChI=1S/C24H25N5OS/c1-16-3-2-4-23-21(16)10-19(31-23)13-28-7-8-29(18(12-28)14-30)11-17-5-6-20-22(9-17)26-15-27-24(20)25/h2-6,9-10,14-15,18H,7-8,11-13H2,1H3,(H2,25,26,27). The molecule has 0 amide bonds. The van der Waals surface area contributed by atoms with Crippen molar-refractivity contribution in [2.45, 2.75) is 26.1 Å². The molecule has 1 saturated heterocycles. The predicted octanol–water partition coefficient (Wildman–Crippen LogP) is 3.62. The van der Waals surface area contributed by atoms with Crippen LogP contribution in [-0.4, -0.2) is 51.7 Å². The molecule has 7 heteroatoms. The number of nitrogen functional groups attached to an aromatic ring is 1. The van der Waals surface area contributed by atoms with Crippen LogP contribution >= 0.6 is 11.3 Å². The maximum atomic E-state index is 11.9. The molecule has 2 aromatic carbocycles. The summed E-state index contributed by atoms with van der Waals surface area (Å²) in [7, 11) is 0. The van der Waals surface area contributed by atoms with E-state index in [4.69, 9.17) is 5.73 Å². The predicted molar refractivity (Wildman–Crippen MR) is 126 cm³/mol. The molecular weight excluding hydrogens is 406 g/mol. The lowest BCUT2D eigenvalue weighted by Crippen LogP contribution is -2.52. The van der Waals surface area contributed by atoms with E-state index >= 15 is 0 Å². The molecule has 6 nitrogen and oxygen atoms in total. The second-order valence-corrected chi connectivity index (χ2v) is 9.39. The molecule has 0 saturated carbocycles. The quantitative estimate of drug-likeness (QED) is 0.487. The van der Waals surface area contributed by atoms with Gasteiger partial charge in [0.25, 0.3) is 0 Å². The number of fused-ring (bicyclic) bond motifs is 2. The van der Waals surface area contributed by atoms with Gasteiger partial charge < -0.3 is 10.5 Å². The smallest absolute Gasteiger partial charge is 0.138 e. The van der Waals surface area contributed by atoms with Gasteiger partial charge in [0, 0.05) is 47.7 Å². The van der Waals surface area contributed by atoms with Crippen LogP contribution in [0.3, 0.4) is 0 Å². The molecule has 158 valence electrons. The van der Waals surface area contributed by atoms with E-state index in [0.29, 0.717) is 5.82 Å². The Kier molecular flexibility index (Phi) is 5.40. The van der Waals surface area contributed by atoms with Crippen molar-refractivity contribution < 1.29 is 4.79 Å². The SMILES string of the molecule is Cc1cccc2sc(CN3CCN(Cc4ccc5c(N)ncnc5c4)C(C=O)C3)cc12. The van der Waals surface area contributed by atoms with E-state index < -0.39 is 0 Å². The minimum atomic E-state index is -0.115. The van der Waals surface area contributed by atoms with Crippen LogP contribution in [0.1, 0.15) is 16.0 Å². The minimum Gasteiger partial charge on any atom is -0.383 e. The van der Waals surface area contributed by atoms with Gasteiger partial charge in [0.15, 0.2) is 0 Å². The molecule has 1 unspecified atom stereocenters. The van der Waals surface area contributed by atoms with E-state index in [0.717, 1.165) is 55.5 Å². The first-order chi connectivity index (χ1) is 15.1. The molecule has 31 heavy (non-hydrogen) atoms. The van der Waals surface area contributed by atoms with Gasteiger partial charge in [0.2, 0.25) is 0 Å². The molecule has 1 aliphatic rings. The van der Waals surface area contributed by atoms with Crippen LogP contribution in [0.25, 0.3) is 21.0 Å². The number of rotatable bonds is 5. The van der Waals surface area contributed by atoms with Crippen LogP contribution in [0, 0.1) is 6.92 Å². The fourth-order valence-electron chi connectivity index (χ4n) is 4.39. The second-order valence-electron chi connectivity index (χ2n) is 8.22. The van der Waals surface area contributed by atoms with Gasteiger partial charge in [-0.2, -0.15) is 0 Å². The van der Waals surface area contributed by atoms with Crippen molar-refractivity contribution in [3.63, 3.8) is 0 Å². The number of hydrogen-bond donors (Lipinski definition) is 1. The summed E-state index contributed by atoms with van der Waals surface area (Å²) in [4.78, 5) is 26.3. The van der Waals surface area contributed by atoms with E-state index in [1.807, 2.05) is 23.5 Å². The number of hydrogen-bond acceptors (Lipinski definition) is 7. The molecule has 4 aromatic rings. The third-order valence-electron chi connectivity index (χ3n) is 6.10. The maximum Gasteiger partial charge on any atom is 0.138 e. The van der Waals surface area contributed by atoms with Crippen molar-refractivity contribution in [1.29, 1.82) is 0 Å². The highest BCUT2D eigenvalue weighted by Gasteiger charge is 2.27. The number of piperazine rings is 1. The van der Waals surface area contributed by atoms with Gasteiger partial charge in [-0.3, -0.25) is 9.80 Å². The minimum absolute atomic E-state index is 0.115. The Hall–Kier alpha value is -2.87. The number of carbonyl (C=O) groups is 1. The topological polar surface area (TPSA) is 75.3 Å². The highest BCUT2D eigenvalue weighted by Crippen LogP contribution is 2.29. The van der Waals surface area contributed by atoms with Gasteiger partial charge in [0.1, 0.15) is 18.4 Å². The monoisotopic (exact) mass is 431 g/mol. The van der Waals surface area contributed by atoms with E-state index in [-0.39, 0.29) is 6.04 Å². The molecule has 1 fully saturated rings. The zero-order valence-electron chi connectivity index (χ0n) is 17.5. The fourth-order valence-corrected chi connectivity index (χ4v) is 5.57. The summed E-state index contributed by atoms with van der Waals surface area (Å²) in [5.41, 5.74) is 9.22. The maximum absolute atomic E-state index is 11.9. The summed E-state index contributed by atoms with van der Waals surface area (Å²) in [5.74, 6) is 0.493. The van der Waals surface area contributed by atoms with Gasteiger partial charge in [-0.25, -0.2) is 9.97 Å². The highest BCUT2D eigenvalue weighted by molar-refractivity contribution is 7.19. The highest BCUT2D eigenvalue weighted by atomic mass is 32.1. The summed E-state index contributed by atoms with van der Waals surface area (Å²) in [5, 5.41) is 2.20. The normalized spacial score (nSPS) is 18.0. The number of aromatic nitrogens is 2. The molecule has 2 aromatic heterocycles. The van der Waals surface area contributed by atoms with Crippen LogP contribution in [-0.2, 0) is 17.9 Å². The number of anilines is 1. The Bertz CT molecular complexity index is 1250. The van der Waals surface area contributed by atoms with Crippen molar-refractivity contribution in [2.75, 3.05) is 25.4 Å². The number of nitrogens with zero attached hydrogens (tertiary/aromatic N) is 4. The molecule has 0 bridgehead atoms. The van der Waals surface area contributed by atoms with E-state index in [2.05, 4.69) is 57.0 Å². The average molecular weight is 432 g/mol. The Morgan fingerprint density at radius 1 is 1.13 bits per heavy atom. The Labute approximate surface area is 185 Å².